The van der Waals surface area contributed by atoms with Crippen LogP contribution in [0.5, 0.6) is 0 Å². The van der Waals surface area contributed by atoms with E-state index in [2.05, 4.69) is 20.3 Å². The predicted octanol–water partition coefficient (Wildman–Crippen LogP) is 2.09. The van der Waals surface area contributed by atoms with Crippen LogP contribution in [0.3, 0.4) is 0 Å². The number of hydrogen-bond acceptors (Lipinski definition) is 4. The second-order valence-electron chi connectivity index (χ2n) is 4.22. The molecule has 0 amide bonds. The third-order valence-corrected chi connectivity index (χ3v) is 3.05. The lowest BCUT2D eigenvalue weighted by atomic mass is 10.1. The highest BCUT2D eigenvalue weighted by atomic mass is 15.1. The smallest absolute Gasteiger partial charge is 0.0708 e. The van der Waals surface area contributed by atoms with Crippen LogP contribution < -0.4 is 11.1 Å². The molecular formula is C11H20N6. The molecule has 0 aromatic heterocycles. The Bertz CT molecular complexity index is 329. The highest BCUT2D eigenvalue weighted by Gasteiger charge is 2.17. The van der Waals surface area contributed by atoms with E-state index in [-0.39, 0.29) is 0 Å². The van der Waals surface area contributed by atoms with Gasteiger partial charge in [0, 0.05) is 23.4 Å². The molecule has 1 aliphatic rings. The molecule has 1 rings (SSSR count). The summed E-state index contributed by atoms with van der Waals surface area (Å²) in [6.45, 7) is 0. The molecule has 0 aliphatic heterocycles. The number of hydrogen-bond donors (Lipinski definition) is 2. The first kappa shape index (κ1) is 13.5. The van der Waals surface area contributed by atoms with Crippen LogP contribution in [-0.4, -0.2) is 25.3 Å². The molecule has 0 saturated heterocycles. The van der Waals surface area contributed by atoms with Gasteiger partial charge in [0.2, 0.25) is 0 Å². The monoisotopic (exact) mass is 236 g/mol. The van der Waals surface area contributed by atoms with Crippen molar-refractivity contribution in [2.75, 3.05) is 7.05 Å². The maximum Gasteiger partial charge on any atom is 0.0708 e. The van der Waals surface area contributed by atoms with Crippen LogP contribution in [0.2, 0.25) is 0 Å². The van der Waals surface area contributed by atoms with Crippen LogP contribution in [-0.2, 0) is 0 Å². The number of aliphatic imine (C=N–C) groups is 1. The quantitative estimate of drug-likeness (QED) is 0.257. The highest BCUT2D eigenvalue weighted by molar-refractivity contribution is 5.77. The van der Waals surface area contributed by atoms with E-state index in [0.717, 1.165) is 12.8 Å². The minimum absolute atomic E-state index is 0.291. The summed E-state index contributed by atoms with van der Waals surface area (Å²) < 4.78 is 0. The van der Waals surface area contributed by atoms with Gasteiger partial charge in [-0.1, -0.05) is 18.0 Å². The van der Waals surface area contributed by atoms with E-state index in [4.69, 9.17) is 11.3 Å². The molecular weight excluding hydrogens is 216 g/mol. The topological polar surface area (TPSA) is 99.2 Å². The largest absolute Gasteiger partial charge is 0.404 e. The average Bonchev–Trinajstić information content (AvgIpc) is 2.59. The van der Waals surface area contributed by atoms with E-state index in [1.165, 1.54) is 25.5 Å². The minimum atomic E-state index is 0.291. The molecule has 94 valence electrons. The van der Waals surface area contributed by atoms with Crippen molar-refractivity contribution >= 4 is 6.21 Å². The van der Waals surface area contributed by atoms with Crippen LogP contribution in [0.15, 0.2) is 22.0 Å². The number of nitrogens with one attached hydrogen (secondary N) is 1. The Morgan fingerprint density at radius 2 is 2.24 bits per heavy atom. The van der Waals surface area contributed by atoms with E-state index in [0.29, 0.717) is 17.8 Å². The van der Waals surface area contributed by atoms with Crippen LogP contribution in [0.4, 0.5) is 0 Å². The summed E-state index contributed by atoms with van der Waals surface area (Å²) >= 11 is 0. The number of nitrogens with two attached hydrogens (primary N) is 1. The van der Waals surface area contributed by atoms with Crippen molar-refractivity contribution < 1.29 is 0 Å². The molecule has 0 aromatic carbocycles. The molecule has 17 heavy (non-hydrogen) atoms. The van der Waals surface area contributed by atoms with Gasteiger partial charge in [-0.25, -0.2) is 0 Å². The molecule has 0 spiro atoms. The molecule has 3 N–H and O–H groups in total. The molecule has 0 aromatic rings. The summed E-state index contributed by atoms with van der Waals surface area (Å²) in [6, 6.07) is 0.822. The van der Waals surface area contributed by atoms with Crippen LogP contribution in [0, 0.1) is 0 Å². The first-order valence-electron chi connectivity index (χ1n) is 5.97. The second-order valence-corrected chi connectivity index (χ2v) is 4.22. The van der Waals surface area contributed by atoms with Gasteiger partial charge in [0.05, 0.1) is 11.7 Å². The fourth-order valence-electron chi connectivity index (χ4n) is 2.07. The summed E-state index contributed by atoms with van der Waals surface area (Å²) in [4.78, 5) is 7.15. The molecule has 1 aliphatic carbocycles. The standard InChI is InChI=1S/C11H20N6/c1-14-9-4-2-3-5-10(6-9)15-8-11(7-12)16-17-13/h7-10,14H,2-6,12H2,1H3. The van der Waals surface area contributed by atoms with Gasteiger partial charge >= 0.3 is 0 Å². The molecule has 0 bridgehead atoms. The minimum Gasteiger partial charge on any atom is -0.404 e. The Morgan fingerprint density at radius 3 is 2.88 bits per heavy atom. The first-order chi connectivity index (χ1) is 8.30. The molecule has 1 saturated carbocycles. The fourth-order valence-corrected chi connectivity index (χ4v) is 2.07. The van der Waals surface area contributed by atoms with E-state index < -0.39 is 0 Å². The number of azide groups is 1. The Balaban J connectivity index is 2.59. The normalized spacial score (nSPS) is 26.5. The zero-order valence-electron chi connectivity index (χ0n) is 10.2. The summed E-state index contributed by atoms with van der Waals surface area (Å²) in [5, 5.41) is 6.75. The lowest BCUT2D eigenvalue weighted by Crippen LogP contribution is -2.27. The van der Waals surface area contributed by atoms with Crippen molar-refractivity contribution in [3.05, 3.63) is 22.3 Å². The molecule has 1 fully saturated rings. The van der Waals surface area contributed by atoms with Crippen molar-refractivity contribution in [1.29, 1.82) is 0 Å². The average molecular weight is 236 g/mol. The van der Waals surface area contributed by atoms with Crippen LogP contribution in [0.25, 0.3) is 10.4 Å². The Morgan fingerprint density at radius 1 is 1.47 bits per heavy atom. The Labute approximate surface area is 102 Å². The van der Waals surface area contributed by atoms with Gasteiger partial charge < -0.3 is 11.1 Å². The van der Waals surface area contributed by atoms with Gasteiger partial charge in [-0.15, -0.1) is 0 Å². The Kier molecular flexibility index (Phi) is 6.14. The molecule has 2 atom stereocenters. The van der Waals surface area contributed by atoms with Gasteiger partial charge in [0.15, 0.2) is 0 Å². The molecule has 0 heterocycles. The van der Waals surface area contributed by atoms with Crippen LogP contribution in [0.1, 0.15) is 32.1 Å². The number of nitrogens with zero attached hydrogens (tertiary/aromatic N) is 4. The summed E-state index contributed by atoms with van der Waals surface area (Å²) in [6.07, 6.45) is 8.61. The lowest BCUT2D eigenvalue weighted by Gasteiger charge is -2.16. The van der Waals surface area contributed by atoms with Crippen molar-refractivity contribution in [3.63, 3.8) is 0 Å². The predicted molar refractivity (Wildman–Crippen MR) is 69.6 cm³/mol. The maximum absolute atomic E-state index is 8.32. The SMILES string of the molecule is CNC1CCCCC(N=CC(=CN)N=[N+]=[N-])C1. The number of allylic oxidation sites excluding steroid dienone is 1. The zero-order chi connectivity index (χ0) is 12.5. The molecule has 2 unspecified atom stereocenters. The first-order valence-corrected chi connectivity index (χ1v) is 5.97. The van der Waals surface area contributed by atoms with E-state index in [1.54, 1.807) is 6.21 Å². The second kappa shape index (κ2) is 7.70. The van der Waals surface area contributed by atoms with Gasteiger partial charge in [0.25, 0.3) is 0 Å². The summed E-state index contributed by atoms with van der Waals surface area (Å²) in [5.41, 5.74) is 14.0. The highest BCUT2D eigenvalue weighted by Crippen LogP contribution is 2.20. The van der Waals surface area contributed by atoms with Gasteiger partial charge in [-0.05, 0) is 31.8 Å². The molecule has 6 nitrogen and oxygen atoms in total. The van der Waals surface area contributed by atoms with Crippen molar-refractivity contribution in [3.8, 4) is 0 Å². The van der Waals surface area contributed by atoms with Crippen molar-refractivity contribution in [2.45, 2.75) is 44.2 Å². The van der Waals surface area contributed by atoms with Crippen LogP contribution >= 0.6 is 0 Å². The fraction of sp³-hybridized carbons (Fsp3) is 0.727. The van der Waals surface area contributed by atoms with Gasteiger partial charge in [-0.3, -0.25) is 4.99 Å². The molecule has 6 heteroatoms. The van der Waals surface area contributed by atoms with Gasteiger partial charge in [-0.2, -0.15) is 0 Å². The van der Waals surface area contributed by atoms with Crippen molar-refractivity contribution in [1.82, 2.24) is 5.32 Å². The number of rotatable bonds is 4. The molecule has 0 radical (unpaired) electrons. The van der Waals surface area contributed by atoms with E-state index >= 15 is 0 Å². The third kappa shape index (κ3) is 4.89. The van der Waals surface area contributed by atoms with Gasteiger partial charge in [0.1, 0.15) is 0 Å². The zero-order valence-corrected chi connectivity index (χ0v) is 10.2. The third-order valence-electron chi connectivity index (χ3n) is 3.05. The van der Waals surface area contributed by atoms with Crippen molar-refractivity contribution in [2.24, 2.45) is 15.8 Å². The Hall–Kier alpha value is -1.52. The van der Waals surface area contributed by atoms with E-state index in [1.807, 2.05) is 7.05 Å². The maximum atomic E-state index is 8.32. The summed E-state index contributed by atoms with van der Waals surface area (Å²) in [5.74, 6) is 0. The van der Waals surface area contributed by atoms with E-state index in [9.17, 15) is 0 Å². The lowest BCUT2D eigenvalue weighted by molar-refractivity contribution is 0.471. The summed E-state index contributed by atoms with van der Waals surface area (Å²) in [7, 11) is 1.99.